The number of fused-ring (bicyclic) bond motifs is 1. The van der Waals surface area contributed by atoms with Crippen LogP contribution in [0, 0.1) is 0 Å². The fraction of sp³-hybridized carbons (Fsp3) is 0.294. The molecular formula is C17H19N7O. The predicted molar refractivity (Wildman–Crippen MR) is 92.9 cm³/mol. The van der Waals surface area contributed by atoms with Crippen LogP contribution in [0.5, 0.6) is 0 Å². The minimum atomic E-state index is -0.217. The first-order valence-corrected chi connectivity index (χ1v) is 8.21. The number of hydrogen-bond acceptors (Lipinski definition) is 4. The van der Waals surface area contributed by atoms with Crippen molar-refractivity contribution in [2.75, 3.05) is 5.32 Å². The van der Waals surface area contributed by atoms with Gasteiger partial charge in [-0.1, -0.05) is 12.1 Å². The molecule has 2 amide bonds. The molecule has 4 rings (SSSR count). The molecule has 0 bridgehead atoms. The Morgan fingerprint density at radius 2 is 2.24 bits per heavy atom. The van der Waals surface area contributed by atoms with Crippen molar-refractivity contribution < 1.29 is 4.79 Å². The first-order valence-electron chi connectivity index (χ1n) is 8.21. The molecule has 8 nitrogen and oxygen atoms in total. The lowest BCUT2D eigenvalue weighted by Crippen LogP contribution is -2.43. The highest BCUT2D eigenvalue weighted by atomic mass is 16.2. The second-order valence-electron chi connectivity index (χ2n) is 6.13. The average Bonchev–Trinajstić information content (AvgIpc) is 3.23. The van der Waals surface area contributed by atoms with Crippen LogP contribution in [0.2, 0.25) is 0 Å². The molecule has 2 aromatic heterocycles. The lowest BCUT2D eigenvalue weighted by atomic mass is 10.1. The molecule has 0 aliphatic carbocycles. The summed E-state index contributed by atoms with van der Waals surface area (Å²) in [6, 6.07) is 7.49. The summed E-state index contributed by atoms with van der Waals surface area (Å²) in [5.41, 5.74) is 1.69. The Labute approximate surface area is 144 Å². The summed E-state index contributed by atoms with van der Waals surface area (Å²) in [7, 11) is 1.94. The van der Waals surface area contributed by atoms with Crippen LogP contribution in [0.25, 0.3) is 11.4 Å². The number of aromatic nitrogens is 5. The van der Waals surface area contributed by atoms with Gasteiger partial charge in [0.05, 0.1) is 12.6 Å². The summed E-state index contributed by atoms with van der Waals surface area (Å²) in [5.74, 6) is 1.83. The molecule has 1 aromatic carbocycles. The van der Waals surface area contributed by atoms with E-state index in [9.17, 15) is 4.79 Å². The molecular weight excluding hydrogens is 318 g/mol. The van der Waals surface area contributed by atoms with Crippen molar-refractivity contribution in [2.24, 2.45) is 7.05 Å². The van der Waals surface area contributed by atoms with Gasteiger partial charge in [-0.15, -0.1) is 0 Å². The third-order valence-electron chi connectivity index (χ3n) is 4.34. The van der Waals surface area contributed by atoms with Gasteiger partial charge < -0.3 is 15.2 Å². The molecule has 0 spiro atoms. The highest BCUT2D eigenvalue weighted by Gasteiger charge is 2.21. The Balaban J connectivity index is 1.41. The Morgan fingerprint density at radius 3 is 3.08 bits per heavy atom. The lowest BCUT2D eigenvalue weighted by molar-refractivity contribution is 0.243. The molecule has 0 saturated heterocycles. The van der Waals surface area contributed by atoms with Gasteiger partial charge in [-0.3, -0.25) is 0 Å². The van der Waals surface area contributed by atoms with Crippen molar-refractivity contribution in [1.82, 2.24) is 29.6 Å². The van der Waals surface area contributed by atoms with Crippen molar-refractivity contribution in [3.63, 3.8) is 0 Å². The summed E-state index contributed by atoms with van der Waals surface area (Å²) in [5, 5.41) is 10.1. The normalized spacial score (nSPS) is 16.3. The van der Waals surface area contributed by atoms with E-state index in [1.165, 1.54) is 0 Å². The van der Waals surface area contributed by atoms with Crippen LogP contribution in [0.1, 0.15) is 12.2 Å². The van der Waals surface area contributed by atoms with Crippen LogP contribution in [-0.2, 0) is 20.0 Å². The summed E-state index contributed by atoms with van der Waals surface area (Å²) < 4.78 is 3.78. The minimum absolute atomic E-state index is 0.0481. The van der Waals surface area contributed by atoms with Gasteiger partial charge in [0.2, 0.25) is 0 Å². The quantitative estimate of drug-likeness (QED) is 0.763. The Morgan fingerprint density at radius 1 is 1.32 bits per heavy atom. The number of hydrogen-bond donors (Lipinski definition) is 2. The van der Waals surface area contributed by atoms with Crippen LogP contribution < -0.4 is 10.6 Å². The first kappa shape index (κ1) is 15.4. The summed E-state index contributed by atoms with van der Waals surface area (Å²) in [6.45, 7) is 0.649. The third kappa shape index (κ3) is 3.23. The van der Waals surface area contributed by atoms with Crippen LogP contribution in [0.4, 0.5) is 10.5 Å². The number of carbonyl (C=O) groups is 1. The van der Waals surface area contributed by atoms with Crippen LogP contribution in [0.3, 0.4) is 0 Å². The second-order valence-corrected chi connectivity index (χ2v) is 6.13. The predicted octanol–water partition coefficient (Wildman–Crippen LogP) is 1.82. The number of nitrogens with zero attached hydrogens (tertiary/aromatic N) is 5. The zero-order valence-corrected chi connectivity index (χ0v) is 13.9. The van der Waals surface area contributed by atoms with Crippen LogP contribution >= 0.6 is 0 Å². The van der Waals surface area contributed by atoms with Crippen molar-refractivity contribution in [1.29, 1.82) is 0 Å². The number of carbonyl (C=O) groups excluding carboxylic acids is 1. The van der Waals surface area contributed by atoms with Gasteiger partial charge >= 0.3 is 6.03 Å². The van der Waals surface area contributed by atoms with E-state index < -0.39 is 0 Å². The van der Waals surface area contributed by atoms with E-state index >= 15 is 0 Å². The van der Waals surface area contributed by atoms with Gasteiger partial charge in [0.25, 0.3) is 0 Å². The number of benzene rings is 1. The third-order valence-corrected chi connectivity index (χ3v) is 4.34. The molecule has 128 valence electrons. The number of rotatable bonds is 3. The topological polar surface area (TPSA) is 89.7 Å². The maximum absolute atomic E-state index is 12.3. The molecule has 1 aliphatic rings. The molecule has 25 heavy (non-hydrogen) atoms. The molecule has 2 N–H and O–H groups in total. The Hall–Kier alpha value is -3.16. The van der Waals surface area contributed by atoms with Gasteiger partial charge in [0.1, 0.15) is 18.0 Å². The molecule has 1 aliphatic heterocycles. The molecule has 0 fully saturated rings. The maximum atomic E-state index is 12.3. The van der Waals surface area contributed by atoms with Crippen molar-refractivity contribution in [3.8, 4) is 11.4 Å². The van der Waals surface area contributed by atoms with E-state index in [4.69, 9.17) is 0 Å². The van der Waals surface area contributed by atoms with E-state index in [1.54, 1.807) is 12.5 Å². The second kappa shape index (κ2) is 6.39. The standard InChI is InChI=1S/C17H19N7O/c1-23-8-7-18-16(23)12-3-2-4-13(9-12)21-17(25)22-14-5-6-15-19-11-20-24(15)10-14/h2-4,7-9,11,14H,5-6,10H2,1H3,(H2,21,22,25)/t14-/m0/s1. The molecule has 0 saturated carbocycles. The van der Waals surface area contributed by atoms with E-state index in [2.05, 4.69) is 25.7 Å². The van der Waals surface area contributed by atoms with Crippen molar-refractivity contribution in [2.45, 2.75) is 25.4 Å². The fourth-order valence-corrected chi connectivity index (χ4v) is 3.09. The molecule has 0 radical (unpaired) electrons. The van der Waals surface area contributed by atoms with Gasteiger partial charge in [-0.2, -0.15) is 5.10 Å². The monoisotopic (exact) mass is 337 g/mol. The molecule has 3 aromatic rings. The highest BCUT2D eigenvalue weighted by molar-refractivity contribution is 5.90. The Kier molecular flexibility index (Phi) is 3.93. The van der Waals surface area contributed by atoms with Crippen LogP contribution in [0.15, 0.2) is 43.0 Å². The number of imidazole rings is 1. The number of anilines is 1. The fourth-order valence-electron chi connectivity index (χ4n) is 3.09. The smallest absolute Gasteiger partial charge is 0.319 e. The highest BCUT2D eigenvalue weighted by Crippen LogP contribution is 2.20. The molecule has 0 unspecified atom stereocenters. The summed E-state index contributed by atoms with van der Waals surface area (Å²) in [6.07, 6.45) is 6.88. The van der Waals surface area contributed by atoms with Gasteiger partial charge in [-0.05, 0) is 18.6 Å². The van der Waals surface area contributed by atoms with Crippen molar-refractivity contribution in [3.05, 3.63) is 48.8 Å². The number of urea groups is 1. The minimum Gasteiger partial charge on any atom is -0.334 e. The summed E-state index contributed by atoms with van der Waals surface area (Å²) in [4.78, 5) is 20.8. The number of aryl methyl sites for hydroxylation is 2. The zero-order valence-electron chi connectivity index (χ0n) is 13.9. The number of nitrogens with one attached hydrogen (secondary N) is 2. The average molecular weight is 337 g/mol. The first-order chi connectivity index (χ1) is 12.2. The van der Waals surface area contributed by atoms with Gasteiger partial charge in [-0.25, -0.2) is 19.4 Å². The van der Waals surface area contributed by atoms with Gasteiger partial charge in [0.15, 0.2) is 0 Å². The zero-order chi connectivity index (χ0) is 17.2. The maximum Gasteiger partial charge on any atom is 0.319 e. The molecule has 1 atom stereocenters. The largest absolute Gasteiger partial charge is 0.334 e. The van der Waals surface area contributed by atoms with E-state index in [0.717, 1.165) is 35.7 Å². The van der Waals surface area contributed by atoms with Crippen LogP contribution in [-0.4, -0.2) is 36.4 Å². The number of amides is 2. The van der Waals surface area contributed by atoms with Crippen molar-refractivity contribution >= 4 is 11.7 Å². The SMILES string of the molecule is Cn1ccnc1-c1cccc(NC(=O)N[C@H]2CCc3ncnn3C2)c1. The lowest BCUT2D eigenvalue weighted by Gasteiger charge is -2.23. The van der Waals surface area contributed by atoms with Gasteiger partial charge in [0, 0.05) is 37.1 Å². The van der Waals surface area contributed by atoms with E-state index in [-0.39, 0.29) is 12.1 Å². The Bertz CT molecular complexity index is 898. The van der Waals surface area contributed by atoms with E-state index in [0.29, 0.717) is 6.54 Å². The summed E-state index contributed by atoms with van der Waals surface area (Å²) >= 11 is 0. The molecule has 3 heterocycles. The molecule has 8 heteroatoms. The van der Waals surface area contributed by atoms with E-state index in [1.807, 2.05) is 46.8 Å².